The van der Waals surface area contributed by atoms with Crippen LogP contribution in [0.3, 0.4) is 0 Å². The predicted octanol–water partition coefficient (Wildman–Crippen LogP) is 3.44. The lowest BCUT2D eigenvalue weighted by Crippen LogP contribution is -2.28. The summed E-state index contributed by atoms with van der Waals surface area (Å²) in [6, 6.07) is 10.1. The summed E-state index contributed by atoms with van der Waals surface area (Å²) >= 11 is 0. The van der Waals surface area contributed by atoms with Gasteiger partial charge in [-0.1, -0.05) is 12.1 Å². The van der Waals surface area contributed by atoms with Crippen molar-refractivity contribution in [3.8, 4) is 5.69 Å². The topological polar surface area (TPSA) is 59.8 Å². The molecule has 1 atom stereocenters. The summed E-state index contributed by atoms with van der Waals surface area (Å²) in [4.78, 5) is 16.5. The molecule has 1 amide bonds. The Hall–Kier alpha value is -3.02. The number of amides is 1. The summed E-state index contributed by atoms with van der Waals surface area (Å²) in [5.74, 6) is -0.450. The van der Waals surface area contributed by atoms with Crippen LogP contribution in [0.2, 0.25) is 0 Å². The third-order valence-electron chi connectivity index (χ3n) is 4.44. The minimum atomic E-state index is -0.347. The van der Waals surface area contributed by atoms with Crippen LogP contribution in [-0.4, -0.2) is 20.7 Å². The van der Waals surface area contributed by atoms with Crippen molar-refractivity contribution >= 4 is 5.91 Å². The number of aromatic nitrogens is 3. The van der Waals surface area contributed by atoms with E-state index in [1.165, 1.54) is 6.07 Å². The van der Waals surface area contributed by atoms with Crippen molar-refractivity contribution in [3.05, 3.63) is 77.1 Å². The number of pyridine rings is 1. The molecule has 2 heterocycles. The van der Waals surface area contributed by atoms with Crippen LogP contribution in [-0.2, 0) is 11.2 Å². The molecule has 3 aromatic rings. The molecule has 3 rings (SSSR count). The lowest BCUT2D eigenvalue weighted by atomic mass is 10.1. The number of carbonyl (C=O) groups excluding carboxylic acids is 1. The Labute approximate surface area is 151 Å². The number of para-hydroxylation sites is 1. The van der Waals surface area contributed by atoms with E-state index < -0.39 is 0 Å². The first-order valence-electron chi connectivity index (χ1n) is 8.46. The van der Waals surface area contributed by atoms with Crippen LogP contribution >= 0.6 is 0 Å². The molecule has 0 bridgehead atoms. The van der Waals surface area contributed by atoms with Gasteiger partial charge >= 0.3 is 0 Å². The molecule has 0 aliphatic rings. The average molecular weight is 352 g/mol. The first-order chi connectivity index (χ1) is 12.5. The molecule has 0 aliphatic heterocycles. The normalized spacial score (nSPS) is 12.0. The Bertz CT molecular complexity index is 921. The summed E-state index contributed by atoms with van der Waals surface area (Å²) in [7, 11) is 0. The Kier molecular flexibility index (Phi) is 5.11. The molecular weight excluding hydrogens is 331 g/mol. The highest BCUT2D eigenvalue weighted by atomic mass is 19.1. The van der Waals surface area contributed by atoms with Gasteiger partial charge in [0.05, 0.1) is 18.2 Å². The van der Waals surface area contributed by atoms with Gasteiger partial charge < -0.3 is 5.32 Å². The molecule has 6 heteroatoms. The Morgan fingerprint density at radius 1 is 1.19 bits per heavy atom. The fourth-order valence-electron chi connectivity index (χ4n) is 2.98. The number of nitrogens with zero attached hydrogens (tertiary/aromatic N) is 3. The number of nitrogens with one attached hydrogen (secondary N) is 1. The molecule has 134 valence electrons. The number of hydrogen-bond acceptors (Lipinski definition) is 3. The zero-order valence-corrected chi connectivity index (χ0v) is 15.0. The Morgan fingerprint density at radius 3 is 2.58 bits per heavy atom. The molecule has 1 N–H and O–H groups in total. The molecule has 5 nitrogen and oxygen atoms in total. The van der Waals surface area contributed by atoms with Crippen LogP contribution in [0.25, 0.3) is 5.69 Å². The molecule has 0 saturated heterocycles. The Balaban J connectivity index is 1.78. The standard InChI is InChI=1S/C20H21FN4O/c1-13(16-8-10-22-11-9-16)23-20(26)12-17-14(2)24-25(15(17)3)19-7-5-4-6-18(19)21/h4-11,13H,12H2,1-3H3,(H,23,26)/t13-/m0/s1. The van der Waals surface area contributed by atoms with Crippen molar-refractivity contribution in [3.63, 3.8) is 0 Å². The van der Waals surface area contributed by atoms with E-state index in [1.54, 1.807) is 35.3 Å². The smallest absolute Gasteiger partial charge is 0.225 e. The molecule has 0 saturated carbocycles. The number of halogens is 1. The first kappa shape index (κ1) is 17.8. The number of rotatable bonds is 5. The quantitative estimate of drug-likeness (QED) is 0.765. The second-order valence-corrected chi connectivity index (χ2v) is 6.26. The van der Waals surface area contributed by atoms with E-state index in [0.29, 0.717) is 5.69 Å². The number of aryl methyl sites for hydroxylation is 1. The van der Waals surface area contributed by atoms with Crippen molar-refractivity contribution < 1.29 is 9.18 Å². The predicted molar refractivity (Wildman–Crippen MR) is 97.5 cm³/mol. The highest BCUT2D eigenvalue weighted by molar-refractivity contribution is 5.79. The molecule has 0 radical (unpaired) electrons. The molecule has 2 aromatic heterocycles. The van der Waals surface area contributed by atoms with Gasteiger partial charge in [-0.2, -0.15) is 5.10 Å². The lowest BCUT2D eigenvalue weighted by Gasteiger charge is -2.14. The Morgan fingerprint density at radius 2 is 1.88 bits per heavy atom. The van der Waals surface area contributed by atoms with Crippen LogP contribution in [0.15, 0.2) is 48.8 Å². The van der Waals surface area contributed by atoms with E-state index >= 15 is 0 Å². The SMILES string of the molecule is Cc1nn(-c2ccccc2F)c(C)c1CC(=O)N[C@@H](C)c1ccncc1. The van der Waals surface area contributed by atoms with E-state index in [1.807, 2.05) is 32.9 Å². The minimum Gasteiger partial charge on any atom is -0.349 e. The summed E-state index contributed by atoms with van der Waals surface area (Å²) in [6.07, 6.45) is 3.59. The van der Waals surface area contributed by atoms with Gasteiger partial charge in [-0.15, -0.1) is 0 Å². The molecule has 0 spiro atoms. The third-order valence-corrected chi connectivity index (χ3v) is 4.44. The fraction of sp³-hybridized carbons (Fsp3) is 0.250. The lowest BCUT2D eigenvalue weighted by molar-refractivity contribution is -0.121. The van der Waals surface area contributed by atoms with Crippen LogP contribution in [0.4, 0.5) is 4.39 Å². The van der Waals surface area contributed by atoms with Gasteiger partial charge in [0.25, 0.3) is 0 Å². The first-order valence-corrected chi connectivity index (χ1v) is 8.46. The van der Waals surface area contributed by atoms with Crippen LogP contribution < -0.4 is 5.32 Å². The maximum atomic E-state index is 14.1. The number of carbonyl (C=O) groups is 1. The van der Waals surface area contributed by atoms with Gasteiger partial charge in [0.15, 0.2) is 0 Å². The van der Waals surface area contributed by atoms with Crippen molar-refractivity contribution in [1.82, 2.24) is 20.1 Å². The van der Waals surface area contributed by atoms with Gasteiger partial charge in [-0.25, -0.2) is 9.07 Å². The van der Waals surface area contributed by atoms with Crippen molar-refractivity contribution in [2.24, 2.45) is 0 Å². The van der Waals surface area contributed by atoms with Gasteiger partial charge in [0.1, 0.15) is 11.5 Å². The van der Waals surface area contributed by atoms with Crippen LogP contribution in [0.5, 0.6) is 0 Å². The van der Waals surface area contributed by atoms with Crippen LogP contribution in [0, 0.1) is 19.7 Å². The fourth-order valence-corrected chi connectivity index (χ4v) is 2.98. The van der Waals surface area contributed by atoms with E-state index in [4.69, 9.17) is 0 Å². The highest BCUT2D eigenvalue weighted by Crippen LogP contribution is 2.21. The maximum absolute atomic E-state index is 14.1. The van der Waals surface area contributed by atoms with Gasteiger partial charge in [0, 0.05) is 23.7 Å². The number of hydrogen-bond donors (Lipinski definition) is 1. The second-order valence-electron chi connectivity index (χ2n) is 6.26. The zero-order valence-electron chi connectivity index (χ0n) is 15.0. The van der Waals surface area contributed by atoms with E-state index in [9.17, 15) is 9.18 Å². The zero-order chi connectivity index (χ0) is 18.7. The molecule has 0 aliphatic carbocycles. The summed E-state index contributed by atoms with van der Waals surface area (Å²) in [5, 5.41) is 7.40. The molecule has 0 unspecified atom stereocenters. The van der Waals surface area contributed by atoms with E-state index in [0.717, 1.165) is 22.5 Å². The van der Waals surface area contributed by atoms with Crippen molar-refractivity contribution in [1.29, 1.82) is 0 Å². The summed E-state index contributed by atoms with van der Waals surface area (Å²) < 4.78 is 15.6. The summed E-state index contributed by atoms with van der Waals surface area (Å²) in [6.45, 7) is 5.61. The number of benzene rings is 1. The van der Waals surface area contributed by atoms with E-state index in [-0.39, 0.29) is 24.2 Å². The van der Waals surface area contributed by atoms with Gasteiger partial charge in [0.2, 0.25) is 5.91 Å². The minimum absolute atomic E-state index is 0.103. The molecule has 26 heavy (non-hydrogen) atoms. The van der Waals surface area contributed by atoms with Crippen molar-refractivity contribution in [2.45, 2.75) is 33.2 Å². The average Bonchev–Trinajstić information content (AvgIpc) is 2.91. The monoisotopic (exact) mass is 352 g/mol. The third kappa shape index (κ3) is 3.64. The van der Waals surface area contributed by atoms with Gasteiger partial charge in [-0.05, 0) is 50.6 Å². The summed E-state index contributed by atoms with van der Waals surface area (Å²) in [5.41, 5.74) is 3.67. The van der Waals surface area contributed by atoms with Crippen molar-refractivity contribution in [2.75, 3.05) is 0 Å². The molecule has 0 fully saturated rings. The second kappa shape index (κ2) is 7.47. The van der Waals surface area contributed by atoms with E-state index in [2.05, 4.69) is 15.4 Å². The maximum Gasteiger partial charge on any atom is 0.225 e. The van der Waals surface area contributed by atoms with Gasteiger partial charge in [-0.3, -0.25) is 9.78 Å². The largest absolute Gasteiger partial charge is 0.349 e. The molecular formula is C20H21FN4O. The van der Waals surface area contributed by atoms with Crippen LogP contribution in [0.1, 0.15) is 35.5 Å². The molecule has 1 aromatic carbocycles. The highest BCUT2D eigenvalue weighted by Gasteiger charge is 2.18.